The van der Waals surface area contributed by atoms with Gasteiger partial charge in [-0.25, -0.2) is 4.98 Å². The molecule has 3 rings (SSSR count). The van der Waals surface area contributed by atoms with Crippen molar-refractivity contribution in [2.45, 2.75) is 38.3 Å². The van der Waals surface area contributed by atoms with Crippen LogP contribution in [0.25, 0.3) is 0 Å². The van der Waals surface area contributed by atoms with Gasteiger partial charge in [0.1, 0.15) is 0 Å². The number of carbonyl (C=O) groups is 1. The summed E-state index contributed by atoms with van der Waals surface area (Å²) >= 11 is 0. The Labute approximate surface area is 111 Å². The summed E-state index contributed by atoms with van der Waals surface area (Å²) in [6.45, 7) is 0.674. The number of imidazole rings is 1. The third-order valence-corrected chi connectivity index (χ3v) is 3.54. The number of carbonyl (C=O) groups excluding carboxylic acids is 1. The number of aryl methyl sites for hydroxylation is 2. The largest absolute Gasteiger partial charge is 0.353 e. The molecule has 2 N–H and O–H groups in total. The highest BCUT2D eigenvalue weighted by Crippen LogP contribution is 2.18. The Morgan fingerprint density at radius 1 is 1.58 bits per heavy atom. The third kappa shape index (κ3) is 2.83. The molecule has 6 nitrogen and oxygen atoms in total. The summed E-state index contributed by atoms with van der Waals surface area (Å²) < 4.78 is 1.91. The number of rotatable bonds is 4. The van der Waals surface area contributed by atoms with E-state index in [1.165, 1.54) is 5.56 Å². The summed E-state index contributed by atoms with van der Waals surface area (Å²) in [6, 6.07) is 0.225. The molecule has 19 heavy (non-hydrogen) atoms. The average Bonchev–Trinajstić information content (AvgIpc) is 3.07. The topological polar surface area (TPSA) is 75.6 Å². The van der Waals surface area contributed by atoms with Gasteiger partial charge in [0, 0.05) is 43.5 Å². The smallest absolute Gasteiger partial charge is 0.222 e. The minimum atomic E-state index is 0.0988. The Kier molecular flexibility index (Phi) is 3.31. The molecule has 0 radical (unpaired) electrons. The van der Waals surface area contributed by atoms with Crippen molar-refractivity contribution in [1.82, 2.24) is 25.1 Å². The molecular formula is C13H17N5O. The van der Waals surface area contributed by atoms with Gasteiger partial charge in [0.05, 0.1) is 12.5 Å². The predicted octanol–water partition coefficient (Wildman–Crippen LogP) is 0.670. The van der Waals surface area contributed by atoms with E-state index >= 15 is 0 Å². The SMILES string of the molecule is O=C(CCn1ccnc1)NC1CCc2cn[nH]c2C1. The van der Waals surface area contributed by atoms with Crippen LogP contribution in [-0.4, -0.2) is 31.7 Å². The average molecular weight is 259 g/mol. The van der Waals surface area contributed by atoms with E-state index in [1.54, 1.807) is 12.5 Å². The molecule has 0 aliphatic heterocycles. The number of nitrogens with zero attached hydrogens (tertiary/aromatic N) is 3. The lowest BCUT2D eigenvalue weighted by Gasteiger charge is -2.22. The van der Waals surface area contributed by atoms with Crippen molar-refractivity contribution in [2.24, 2.45) is 0 Å². The highest BCUT2D eigenvalue weighted by molar-refractivity contribution is 5.76. The van der Waals surface area contributed by atoms with Gasteiger partial charge in [0.25, 0.3) is 0 Å². The Morgan fingerprint density at radius 2 is 2.53 bits per heavy atom. The summed E-state index contributed by atoms with van der Waals surface area (Å²) in [4.78, 5) is 15.8. The molecule has 100 valence electrons. The first-order valence-corrected chi connectivity index (χ1v) is 6.57. The number of hydrogen-bond donors (Lipinski definition) is 2. The molecule has 0 bridgehead atoms. The van der Waals surface area contributed by atoms with E-state index in [1.807, 2.05) is 17.0 Å². The van der Waals surface area contributed by atoms with E-state index in [0.29, 0.717) is 13.0 Å². The summed E-state index contributed by atoms with van der Waals surface area (Å²) in [5.41, 5.74) is 2.44. The zero-order valence-corrected chi connectivity index (χ0v) is 10.7. The number of H-pyrrole nitrogens is 1. The van der Waals surface area contributed by atoms with Crippen LogP contribution in [0.5, 0.6) is 0 Å². The van der Waals surface area contributed by atoms with E-state index in [-0.39, 0.29) is 11.9 Å². The molecular weight excluding hydrogens is 242 g/mol. The van der Waals surface area contributed by atoms with Crippen LogP contribution in [0.15, 0.2) is 24.9 Å². The number of nitrogens with one attached hydrogen (secondary N) is 2. The van der Waals surface area contributed by atoms with E-state index in [2.05, 4.69) is 20.5 Å². The van der Waals surface area contributed by atoms with Crippen LogP contribution in [0.4, 0.5) is 0 Å². The summed E-state index contributed by atoms with van der Waals surface area (Å²) in [7, 11) is 0. The van der Waals surface area contributed by atoms with Crippen LogP contribution in [0.1, 0.15) is 24.1 Å². The van der Waals surface area contributed by atoms with Crippen molar-refractivity contribution in [1.29, 1.82) is 0 Å². The van der Waals surface area contributed by atoms with Gasteiger partial charge in [-0.3, -0.25) is 9.89 Å². The highest BCUT2D eigenvalue weighted by Gasteiger charge is 2.21. The zero-order valence-electron chi connectivity index (χ0n) is 10.7. The minimum absolute atomic E-state index is 0.0988. The van der Waals surface area contributed by atoms with Gasteiger partial charge >= 0.3 is 0 Å². The van der Waals surface area contributed by atoms with Crippen molar-refractivity contribution in [3.63, 3.8) is 0 Å². The molecule has 0 aromatic carbocycles. The second-order valence-corrected chi connectivity index (χ2v) is 4.93. The number of hydrogen-bond acceptors (Lipinski definition) is 3. The predicted molar refractivity (Wildman–Crippen MR) is 69.4 cm³/mol. The zero-order chi connectivity index (χ0) is 13.1. The summed E-state index contributed by atoms with van der Waals surface area (Å²) in [5, 5.41) is 10.1. The first-order valence-electron chi connectivity index (χ1n) is 6.57. The summed E-state index contributed by atoms with van der Waals surface area (Å²) in [5.74, 6) is 0.0988. The molecule has 0 fully saturated rings. The van der Waals surface area contributed by atoms with Crippen molar-refractivity contribution >= 4 is 5.91 Å². The van der Waals surface area contributed by atoms with Crippen LogP contribution in [0, 0.1) is 0 Å². The van der Waals surface area contributed by atoms with Gasteiger partial charge in [-0.2, -0.15) is 5.10 Å². The first-order chi connectivity index (χ1) is 9.31. The third-order valence-electron chi connectivity index (χ3n) is 3.54. The Hall–Kier alpha value is -2.11. The van der Waals surface area contributed by atoms with Crippen molar-refractivity contribution in [2.75, 3.05) is 0 Å². The molecule has 0 saturated heterocycles. The van der Waals surface area contributed by atoms with E-state index in [9.17, 15) is 4.79 Å². The molecule has 2 aromatic rings. The molecule has 1 unspecified atom stereocenters. The van der Waals surface area contributed by atoms with Crippen LogP contribution in [0.3, 0.4) is 0 Å². The molecule has 1 aliphatic rings. The van der Waals surface area contributed by atoms with Crippen molar-refractivity contribution < 1.29 is 4.79 Å². The Morgan fingerprint density at radius 3 is 3.37 bits per heavy atom. The summed E-state index contributed by atoms with van der Waals surface area (Å²) in [6.07, 6.45) is 10.5. The molecule has 1 aliphatic carbocycles. The lowest BCUT2D eigenvalue weighted by atomic mass is 9.94. The van der Waals surface area contributed by atoms with Gasteiger partial charge in [-0.1, -0.05) is 0 Å². The fraction of sp³-hybridized carbons (Fsp3) is 0.462. The first kappa shape index (κ1) is 12.0. The molecule has 1 atom stereocenters. The molecule has 1 amide bonds. The van der Waals surface area contributed by atoms with Crippen LogP contribution < -0.4 is 5.32 Å². The maximum absolute atomic E-state index is 11.9. The molecule has 2 aromatic heterocycles. The van der Waals surface area contributed by atoms with Crippen LogP contribution in [0.2, 0.25) is 0 Å². The van der Waals surface area contributed by atoms with Crippen LogP contribution in [-0.2, 0) is 24.2 Å². The standard InChI is InChI=1S/C13H17N5O/c19-13(3-5-18-6-4-14-9-18)16-11-2-1-10-8-15-17-12(10)7-11/h4,6,8-9,11H,1-3,5,7H2,(H,15,17)(H,16,19). The van der Waals surface area contributed by atoms with E-state index < -0.39 is 0 Å². The molecule has 2 heterocycles. The normalized spacial score (nSPS) is 18.0. The number of aromatic amines is 1. The second kappa shape index (κ2) is 5.26. The van der Waals surface area contributed by atoms with Gasteiger partial charge in [0.15, 0.2) is 0 Å². The van der Waals surface area contributed by atoms with Gasteiger partial charge in [-0.15, -0.1) is 0 Å². The quantitative estimate of drug-likeness (QED) is 0.847. The Bertz CT molecular complexity index is 545. The Balaban J connectivity index is 1.48. The lowest BCUT2D eigenvalue weighted by Crippen LogP contribution is -2.39. The highest BCUT2D eigenvalue weighted by atomic mass is 16.1. The van der Waals surface area contributed by atoms with Gasteiger partial charge < -0.3 is 9.88 Å². The van der Waals surface area contributed by atoms with Gasteiger partial charge in [-0.05, 0) is 18.4 Å². The maximum Gasteiger partial charge on any atom is 0.222 e. The fourth-order valence-electron chi connectivity index (χ4n) is 2.48. The number of aromatic nitrogens is 4. The second-order valence-electron chi connectivity index (χ2n) is 4.93. The van der Waals surface area contributed by atoms with Crippen LogP contribution >= 0.6 is 0 Å². The fourth-order valence-corrected chi connectivity index (χ4v) is 2.48. The number of fused-ring (bicyclic) bond motifs is 1. The van der Waals surface area contributed by atoms with Gasteiger partial charge in [0.2, 0.25) is 5.91 Å². The monoisotopic (exact) mass is 259 g/mol. The maximum atomic E-state index is 11.9. The minimum Gasteiger partial charge on any atom is -0.353 e. The van der Waals surface area contributed by atoms with E-state index in [4.69, 9.17) is 0 Å². The number of amides is 1. The van der Waals surface area contributed by atoms with Crippen molar-refractivity contribution in [3.05, 3.63) is 36.2 Å². The molecule has 0 saturated carbocycles. The van der Waals surface area contributed by atoms with Crippen molar-refractivity contribution in [3.8, 4) is 0 Å². The molecule has 6 heteroatoms. The van der Waals surface area contributed by atoms with E-state index in [0.717, 1.165) is 25.0 Å². The molecule has 0 spiro atoms. The lowest BCUT2D eigenvalue weighted by molar-refractivity contribution is -0.122.